The molecule has 17 heavy (non-hydrogen) atoms. The molecule has 0 atom stereocenters. The van der Waals surface area contributed by atoms with Crippen molar-refractivity contribution in [3.05, 3.63) is 36.2 Å². The number of nitrogen functional groups attached to an aromatic ring is 1. The number of hydrogen-bond donors (Lipinski definition) is 1. The molecule has 2 aromatic rings. The van der Waals surface area contributed by atoms with E-state index in [0.29, 0.717) is 0 Å². The van der Waals surface area contributed by atoms with Gasteiger partial charge in [0.25, 0.3) is 0 Å². The van der Waals surface area contributed by atoms with Gasteiger partial charge in [-0.1, -0.05) is 24.3 Å². The number of aryl methyl sites for hydroxylation is 1. The van der Waals surface area contributed by atoms with Crippen molar-refractivity contribution in [2.75, 3.05) is 5.73 Å². The number of hydrogen-bond acceptors (Lipinski definition) is 2. The highest BCUT2D eigenvalue weighted by Crippen LogP contribution is 2.44. The first-order valence-electron chi connectivity index (χ1n) is 6.21. The number of rotatable bonds is 3. The van der Waals surface area contributed by atoms with Gasteiger partial charge in [0.15, 0.2) is 0 Å². The average Bonchev–Trinajstić information content (AvgIpc) is 3.13. The Morgan fingerprint density at radius 2 is 2.12 bits per heavy atom. The Morgan fingerprint density at radius 3 is 2.76 bits per heavy atom. The number of aromatic nitrogens is 2. The van der Waals surface area contributed by atoms with Gasteiger partial charge in [-0.2, -0.15) is 0 Å². The lowest BCUT2D eigenvalue weighted by Crippen LogP contribution is -2.00. The van der Waals surface area contributed by atoms with Crippen LogP contribution >= 0.6 is 0 Å². The molecule has 1 saturated carbocycles. The lowest BCUT2D eigenvalue weighted by atomic mass is 10.0. The lowest BCUT2D eigenvalue weighted by molar-refractivity contribution is 0.771. The van der Waals surface area contributed by atoms with Gasteiger partial charge in [-0.15, -0.1) is 0 Å². The van der Waals surface area contributed by atoms with Gasteiger partial charge in [0.05, 0.1) is 6.33 Å². The number of benzene rings is 1. The van der Waals surface area contributed by atoms with E-state index in [2.05, 4.69) is 36.2 Å². The lowest BCUT2D eigenvalue weighted by Gasteiger charge is -2.07. The summed E-state index contributed by atoms with van der Waals surface area (Å²) in [6, 6.07) is 8.50. The van der Waals surface area contributed by atoms with E-state index < -0.39 is 0 Å². The van der Waals surface area contributed by atoms with Crippen LogP contribution < -0.4 is 5.73 Å². The molecule has 0 amide bonds. The van der Waals surface area contributed by atoms with Gasteiger partial charge >= 0.3 is 0 Å². The van der Waals surface area contributed by atoms with E-state index in [1.54, 1.807) is 0 Å². The third-order valence-corrected chi connectivity index (χ3v) is 3.45. The summed E-state index contributed by atoms with van der Waals surface area (Å²) >= 11 is 0. The van der Waals surface area contributed by atoms with E-state index in [9.17, 15) is 0 Å². The van der Waals surface area contributed by atoms with E-state index in [-0.39, 0.29) is 0 Å². The highest BCUT2D eigenvalue weighted by Gasteiger charge is 2.27. The standard InChI is InChI=1S/C14H17N3/c1-2-17-9-16-13(14(17)15)12-6-4-3-5-11(12)10-7-8-10/h3-6,9-10H,2,7-8,15H2,1H3. The van der Waals surface area contributed by atoms with E-state index >= 15 is 0 Å². The third kappa shape index (κ3) is 1.71. The van der Waals surface area contributed by atoms with E-state index in [1.807, 2.05) is 10.9 Å². The SMILES string of the molecule is CCn1cnc(-c2ccccc2C2CC2)c1N. The van der Waals surface area contributed by atoms with E-state index in [4.69, 9.17) is 5.73 Å². The topological polar surface area (TPSA) is 43.8 Å². The van der Waals surface area contributed by atoms with Gasteiger partial charge < -0.3 is 10.3 Å². The molecule has 1 aromatic carbocycles. The molecule has 0 saturated heterocycles. The highest BCUT2D eigenvalue weighted by molar-refractivity contribution is 5.74. The molecule has 3 nitrogen and oxygen atoms in total. The smallest absolute Gasteiger partial charge is 0.131 e. The molecule has 1 heterocycles. The van der Waals surface area contributed by atoms with Gasteiger partial charge in [-0.3, -0.25) is 0 Å². The second kappa shape index (κ2) is 3.91. The minimum Gasteiger partial charge on any atom is -0.383 e. The molecule has 0 unspecified atom stereocenters. The number of nitrogens with two attached hydrogens (primary N) is 1. The van der Waals surface area contributed by atoms with Crippen LogP contribution in [0.1, 0.15) is 31.2 Å². The molecule has 1 aromatic heterocycles. The predicted molar refractivity (Wildman–Crippen MR) is 69.7 cm³/mol. The zero-order valence-electron chi connectivity index (χ0n) is 10.1. The summed E-state index contributed by atoms with van der Waals surface area (Å²) in [5.41, 5.74) is 9.69. The second-order valence-corrected chi connectivity index (χ2v) is 4.63. The number of imidazole rings is 1. The molecular formula is C14H17N3. The Hall–Kier alpha value is -1.77. The maximum Gasteiger partial charge on any atom is 0.131 e. The summed E-state index contributed by atoms with van der Waals surface area (Å²) in [7, 11) is 0. The van der Waals surface area contributed by atoms with Crippen LogP contribution in [0.25, 0.3) is 11.3 Å². The summed E-state index contributed by atoms with van der Waals surface area (Å²) < 4.78 is 1.99. The zero-order chi connectivity index (χ0) is 11.8. The Balaban J connectivity index is 2.11. The van der Waals surface area contributed by atoms with Gasteiger partial charge in [-0.05, 0) is 31.2 Å². The van der Waals surface area contributed by atoms with Crippen LogP contribution in [-0.4, -0.2) is 9.55 Å². The van der Waals surface area contributed by atoms with Crippen LogP contribution in [0, 0.1) is 0 Å². The summed E-state index contributed by atoms with van der Waals surface area (Å²) in [4.78, 5) is 4.47. The Morgan fingerprint density at radius 1 is 1.35 bits per heavy atom. The quantitative estimate of drug-likeness (QED) is 0.875. The van der Waals surface area contributed by atoms with Crippen molar-refractivity contribution in [2.24, 2.45) is 0 Å². The average molecular weight is 227 g/mol. The molecule has 1 aliphatic carbocycles. The van der Waals surface area contributed by atoms with Gasteiger partial charge in [0.1, 0.15) is 11.5 Å². The maximum atomic E-state index is 6.14. The molecule has 1 aliphatic rings. The van der Waals surface area contributed by atoms with Crippen LogP contribution in [0.5, 0.6) is 0 Å². The molecule has 88 valence electrons. The molecular weight excluding hydrogens is 210 g/mol. The molecule has 3 heteroatoms. The first kappa shape index (κ1) is 10.4. The van der Waals surface area contributed by atoms with Crippen molar-refractivity contribution in [3.8, 4) is 11.3 Å². The van der Waals surface area contributed by atoms with Gasteiger partial charge in [0, 0.05) is 12.1 Å². The fourth-order valence-corrected chi connectivity index (χ4v) is 2.31. The highest BCUT2D eigenvalue weighted by atomic mass is 15.1. The fourth-order valence-electron chi connectivity index (χ4n) is 2.31. The monoisotopic (exact) mass is 227 g/mol. The summed E-state index contributed by atoms with van der Waals surface area (Å²) in [6.45, 7) is 2.94. The Bertz CT molecular complexity index is 538. The molecule has 3 rings (SSSR count). The largest absolute Gasteiger partial charge is 0.383 e. The molecule has 0 radical (unpaired) electrons. The zero-order valence-corrected chi connectivity index (χ0v) is 10.1. The van der Waals surface area contributed by atoms with Crippen molar-refractivity contribution in [3.63, 3.8) is 0 Å². The number of nitrogens with zero attached hydrogens (tertiary/aromatic N) is 2. The molecule has 2 N–H and O–H groups in total. The first-order chi connectivity index (χ1) is 8.31. The van der Waals surface area contributed by atoms with Crippen LogP contribution in [0.15, 0.2) is 30.6 Å². The Kier molecular flexibility index (Phi) is 2.39. The van der Waals surface area contributed by atoms with Gasteiger partial charge in [-0.25, -0.2) is 4.98 Å². The first-order valence-corrected chi connectivity index (χ1v) is 6.21. The van der Waals surface area contributed by atoms with Crippen LogP contribution in [0.4, 0.5) is 5.82 Å². The molecule has 0 spiro atoms. The van der Waals surface area contributed by atoms with E-state index in [1.165, 1.54) is 24.0 Å². The number of anilines is 1. The minimum absolute atomic E-state index is 0.720. The minimum atomic E-state index is 0.720. The van der Waals surface area contributed by atoms with E-state index in [0.717, 1.165) is 24.0 Å². The fraction of sp³-hybridized carbons (Fsp3) is 0.357. The van der Waals surface area contributed by atoms with Crippen LogP contribution in [0.3, 0.4) is 0 Å². The van der Waals surface area contributed by atoms with Crippen molar-refractivity contribution in [1.29, 1.82) is 0 Å². The predicted octanol–water partition coefficient (Wildman–Crippen LogP) is 3.03. The van der Waals surface area contributed by atoms with Crippen molar-refractivity contribution >= 4 is 5.82 Å². The second-order valence-electron chi connectivity index (χ2n) is 4.63. The van der Waals surface area contributed by atoms with Crippen molar-refractivity contribution < 1.29 is 0 Å². The summed E-state index contributed by atoms with van der Waals surface area (Å²) in [5, 5.41) is 0. The van der Waals surface area contributed by atoms with Crippen LogP contribution in [0.2, 0.25) is 0 Å². The maximum absolute atomic E-state index is 6.14. The molecule has 1 fully saturated rings. The normalized spacial score (nSPS) is 15.1. The van der Waals surface area contributed by atoms with Crippen molar-refractivity contribution in [2.45, 2.75) is 32.2 Å². The van der Waals surface area contributed by atoms with Gasteiger partial charge in [0.2, 0.25) is 0 Å². The van der Waals surface area contributed by atoms with Crippen molar-refractivity contribution in [1.82, 2.24) is 9.55 Å². The van der Waals surface area contributed by atoms with Crippen LogP contribution in [-0.2, 0) is 6.54 Å². The Labute approximate surface area is 101 Å². The molecule has 0 bridgehead atoms. The summed E-state index contributed by atoms with van der Waals surface area (Å²) in [5.74, 6) is 1.50. The summed E-state index contributed by atoms with van der Waals surface area (Å²) in [6.07, 6.45) is 4.42. The third-order valence-electron chi connectivity index (χ3n) is 3.45. The molecule has 0 aliphatic heterocycles.